The zero-order valence-corrected chi connectivity index (χ0v) is 34.0. The van der Waals surface area contributed by atoms with Crippen LogP contribution < -0.4 is 11.5 Å². The molecule has 7 rings (SSSR count). The fourth-order valence-electron chi connectivity index (χ4n) is 6.34. The molecule has 0 atom stereocenters. The summed E-state index contributed by atoms with van der Waals surface area (Å²) in [7, 11) is 0. The maximum atomic E-state index is 11.2. The number of rotatable bonds is 13. The van der Waals surface area contributed by atoms with Crippen LogP contribution in [0.25, 0.3) is 11.4 Å². The van der Waals surface area contributed by atoms with Gasteiger partial charge in [-0.3, -0.25) is 0 Å². The fourth-order valence-corrected chi connectivity index (χ4v) is 6.34. The van der Waals surface area contributed by atoms with Gasteiger partial charge in [-0.2, -0.15) is 19.9 Å². The van der Waals surface area contributed by atoms with Gasteiger partial charge in [-0.15, -0.1) is 0 Å². The summed E-state index contributed by atoms with van der Waals surface area (Å²) in [5.74, 6) is 5.51. The van der Waals surface area contributed by atoms with Crippen LogP contribution in [0.2, 0.25) is 0 Å². The molecule has 302 valence electrons. The molecule has 0 aliphatic carbocycles. The molecule has 16 heteroatoms. The Morgan fingerprint density at radius 3 is 1.90 bits per heavy atom. The van der Waals surface area contributed by atoms with Crippen molar-refractivity contribution in [1.29, 1.82) is 0 Å². The van der Waals surface area contributed by atoms with E-state index < -0.39 is 5.97 Å². The Kier molecular flexibility index (Phi) is 14.9. The molecule has 5 heterocycles. The first-order chi connectivity index (χ1) is 27.9. The molecule has 0 amide bonds. The largest absolute Gasteiger partial charge is 0.478 e. The first-order valence-corrected chi connectivity index (χ1v) is 19.2. The number of carboxylic acid groups (broad SMARTS) is 1. The van der Waals surface area contributed by atoms with Crippen molar-refractivity contribution in [2.45, 2.75) is 93.3 Å². The van der Waals surface area contributed by atoms with E-state index in [0.29, 0.717) is 17.2 Å². The lowest BCUT2D eigenvalue weighted by Gasteiger charge is -2.09. The number of nitrogens with zero attached hydrogens (tertiary/aromatic N) is 12. The van der Waals surface area contributed by atoms with Gasteiger partial charge < -0.3 is 30.3 Å². The minimum atomic E-state index is -0.865. The van der Waals surface area contributed by atoms with E-state index in [0.717, 1.165) is 103 Å². The van der Waals surface area contributed by atoms with Crippen LogP contribution in [0, 0.1) is 34.6 Å². The van der Waals surface area contributed by atoms with Gasteiger partial charge in [0.15, 0.2) is 0 Å². The number of carbonyl (C=O) groups is 1. The molecule has 5 N–H and O–H groups in total. The predicted octanol–water partition coefficient (Wildman–Crippen LogP) is 5.77. The quantitative estimate of drug-likeness (QED) is 0.127. The van der Waals surface area contributed by atoms with Crippen molar-refractivity contribution < 1.29 is 9.90 Å². The highest BCUT2D eigenvalue weighted by Gasteiger charge is 2.10. The van der Waals surface area contributed by atoms with Gasteiger partial charge in [-0.1, -0.05) is 49.4 Å². The van der Waals surface area contributed by atoms with Gasteiger partial charge in [0.2, 0.25) is 11.9 Å². The molecule has 2 aromatic carbocycles. The van der Waals surface area contributed by atoms with Crippen LogP contribution in [-0.2, 0) is 45.3 Å². The Morgan fingerprint density at radius 1 is 0.690 bits per heavy atom. The molecule has 0 saturated heterocycles. The van der Waals surface area contributed by atoms with Crippen LogP contribution in [0.15, 0.2) is 79.5 Å². The van der Waals surface area contributed by atoms with Gasteiger partial charge in [0.05, 0.1) is 11.3 Å². The van der Waals surface area contributed by atoms with Crippen molar-refractivity contribution in [3.8, 4) is 11.4 Å². The lowest BCUT2D eigenvalue weighted by molar-refractivity contribution is 0.0696. The third-order valence-corrected chi connectivity index (χ3v) is 9.14. The van der Waals surface area contributed by atoms with Gasteiger partial charge in [0.1, 0.15) is 40.8 Å². The van der Waals surface area contributed by atoms with Crippen LogP contribution in [0.5, 0.6) is 0 Å². The van der Waals surface area contributed by atoms with Gasteiger partial charge in [0, 0.05) is 75.4 Å². The van der Waals surface area contributed by atoms with E-state index >= 15 is 0 Å². The number of imidazole rings is 3. The lowest BCUT2D eigenvalue weighted by Crippen LogP contribution is -2.10. The SMILES string of the molecule is CCc1nc(C)cn1CCc1nc(C)nc(N)n1.Cc1ccc(CCCn2ccnc2-c2ccccc2)cc1C(=O)O.Cc1nc(N)nc(CCn2ccnc2C)n1. The molecule has 0 aliphatic rings. The number of aromatic carboxylic acids is 1. The van der Waals surface area contributed by atoms with E-state index in [1.165, 1.54) is 0 Å². The smallest absolute Gasteiger partial charge is 0.335 e. The van der Waals surface area contributed by atoms with Gasteiger partial charge in [-0.05, 0) is 64.7 Å². The molecule has 0 fully saturated rings. The van der Waals surface area contributed by atoms with E-state index in [4.69, 9.17) is 11.5 Å². The molecule has 0 spiro atoms. The van der Waals surface area contributed by atoms with Crippen LogP contribution in [-0.4, -0.2) is 69.6 Å². The van der Waals surface area contributed by atoms with Crippen LogP contribution in [0.4, 0.5) is 11.9 Å². The second-order valence-corrected chi connectivity index (χ2v) is 13.7. The number of aryl methyl sites for hydroxylation is 12. The summed E-state index contributed by atoms with van der Waals surface area (Å²) in [5.41, 5.74) is 15.5. The Bertz CT molecular complexity index is 2360. The van der Waals surface area contributed by atoms with Crippen molar-refractivity contribution in [1.82, 2.24) is 58.6 Å². The second-order valence-electron chi connectivity index (χ2n) is 13.7. The van der Waals surface area contributed by atoms with Gasteiger partial charge in [0.25, 0.3) is 0 Å². The molecule has 7 aromatic rings. The van der Waals surface area contributed by atoms with E-state index in [-0.39, 0.29) is 11.9 Å². The minimum absolute atomic E-state index is 0.282. The van der Waals surface area contributed by atoms with Gasteiger partial charge in [-0.25, -0.2) is 29.7 Å². The zero-order chi connectivity index (χ0) is 41.6. The monoisotopic (exact) mass is 784 g/mol. The number of benzene rings is 2. The average Bonchev–Trinajstić information content (AvgIpc) is 3.93. The number of hydrogen-bond donors (Lipinski definition) is 3. The normalized spacial score (nSPS) is 10.7. The number of aromatic nitrogens is 12. The summed E-state index contributed by atoms with van der Waals surface area (Å²) < 4.78 is 6.33. The summed E-state index contributed by atoms with van der Waals surface area (Å²) in [6.07, 6.45) is 13.7. The molecule has 58 heavy (non-hydrogen) atoms. The highest BCUT2D eigenvalue weighted by atomic mass is 16.4. The maximum absolute atomic E-state index is 11.2. The Hall–Kier alpha value is -6.84. The Balaban J connectivity index is 0.000000170. The van der Waals surface area contributed by atoms with Crippen LogP contribution >= 0.6 is 0 Å². The minimum Gasteiger partial charge on any atom is -0.478 e. The van der Waals surface area contributed by atoms with E-state index in [2.05, 4.69) is 83.8 Å². The predicted molar refractivity (Wildman–Crippen MR) is 223 cm³/mol. The number of hydrogen-bond acceptors (Lipinski definition) is 12. The Labute approximate surface area is 338 Å². The Morgan fingerprint density at radius 2 is 1.31 bits per heavy atom. The number of anilines is 2. The lowest BCUT2D eigenvalue weighted by atomic mass is 10.0. The third kappa shape index (κ3) is 12.3. The first-order valence-electron chi connectivity index (χ1n) is 19.2. The fraction of sp³-hybridized carbons (Fsp3) is 0.333. The summed E-state index contributed by atoms with van der Waals surface area (Å²) in [6.45, 7) is 14.0. The molecular formula is C42H52N14O2. The van der Waals surface area contributed by atoms with Crippen molar-refractivity contribution in [3.63, 3.8) is 0 Å². The molecule has 0 saturated carbocycles. The second kappa shape index (κ2) is 20.4. The molecule has 16 nitrogen and oxygen atoms in total. The molecule has 0 bridgehead atoms. The topological polar surface area (TPSA) is 220 Å². The zero-order valence-electron chi connectivity index (χ0n) is 34.0. The average molecular weight is 785 g/mol. The summed E-state index contributed by atoms with van der Waals surface area (Å²) in [4.78, 5) is 48.9. The van der Waals surface area contributed by atoms with E-state index in [9.17, 15) is 9.90 Å². The number of nitrogens with two attached hydrogens (primary N) is 2. The molecular weight excluding hydrogens is 733 g/mol. The summed E-state index contributed by atoms with van der Waals surface area (Å²) in [6, 6.07) is 15.8. The van der Waals surface area contributed by atoms with E-state index in [1.54, 1.807) is 12.3 Å². The van der Waals surface area contributed by atoms with Crippen molar-refractivity contribution in [3.05, 3.63) is 137 Å². The molecule has 5 aromatic heterocycles. The number of carboxylic acids is 1. The summed E-state index contributed by atoms with van der Waals surface area (Å²) in [5, 5.41) is 9.22. The standard InChI is InChI=1S/C20H20N2O2.C12H18N6.C10H14N6/c1-15-9-10-16(14-18(15)20(23)24)6-5-12-22-13-11-21-19(22)17-7-3-2-4-8-17;1-4-11-14-8(2)7-18(11)6-5-10-15-9(3)16-12(13)17-10;1-7-13-9(15-10(11)14-7)3-5-16-6-4-12-8(16)2/h2-4,7-11,13-14H,5-6,12H2,1H3,(H,23,24);7H,4-6H2,1-3H3,(H2,13,15,16,17);4,6H,3,5H2,1-2H3,(H2,11,13,14,15). The van der Waals surface area contributed by atoms with Crippen LogP contribution in [0.3, 0.4) is 0 Å². The first kappa shape index (κ1) is 42.3. The summed E-state index contributed by atoms with van der Waals surface area (Å²) >= 11 is 0. The highest BCUT2D eigenvalue weighted by molar-refractivity contribution is 5.89. The van der Waals surface area contributed by atoms with Crippen molar-refractivity contribution in [2.24, 2.45) is 0 Å². The number of nitrogen functional groups attached to an aromatic ring is 2. The van der Waals surface area contributed by atoms with Crippen LogP contribution in [0.1, 0.15) is 75.5 Å². The third-order valence-electron chi connectivity index (χ3n) is 9.14. The maximum Gasteiger partial charge on any atom is 0.335 e. The molecule has 0 aliphatic heterocycles. The molecule has 0 radical (unpaired) electrons. The highest BCUT2D eigenvalue weighted by Crippen LogP contribution is 2.18. The van der Waals surface area contributed by atoms with Gasteiger partial charge >= 0.3 is 5.97 Å². The van der Waals surface area contributed by atoms with Crippen molar-refractivity contribution >= 4 is 17.9 Å². The molecule has 0 unspecified atom stereocenters. The van der Waals surface area contributed by atoms with Crippen molar-refractivity contribution in [2.75, 3.05) is 11.5 Å². The van der Waals surface area contributed by atoms with E-state index in [1.807, 2.05) is 83.5 Å².